The second-order valence-electron chi connectivity index (χ2n) is 2.85. The third kappa shape index (κ3) is 3.35. The summed E-state index contributed by atoms with van der Waals surface area (Å²) in [5.41, 5.74) is 0. The van der Waals surface area contributed by atoms with Gasteiger partial charge in [0.1, 0.15) is 0 Å². The van der Waals surface area contributed by atoms with Crippen LogP contribution >= 0.6 is 0 Å². The molecule has 0 amide bonds. The van der Waals surface area contributed by atoms with Crippen molar-refractivity contribution in [3.63, 3.8) is 0 Å². The van der Waals surface area contributed by atoms with Gasteiger partial charge in [0.25, 0.3) is 0 Å². The molecule has 0 unspecified atom stereocenters. The summed E-state index contributed by atoms with van der Waals surface area (Å²) in [5, 5.41) is 1.38. The Morgan fingerprint density at radius 3 is 2.36 bits per heavy atom. The maximum Gasteiger partial charge on any atom is 0.192 e. The molecule has 0 aliphatic heterocycles. The first-order valence-corrected chi connectivity index (χ1v) is 5.23. The molecular formula is C9H14OSi. The van der Waals surface area contributed by atoms with Gasteiger partial charge in [0.2, 0.25) is 0 Å². The topological polar surface area (TPSA) is 9.23 Å². The van der Waals surface area contributed by atoms with E-state index < -0.39 is 9.76 Å². The van der Waals surface area contributed by atoms with Gasteiger partial charge < -0.3 is 4.43 Å². The Labute approximate surface area is 70.3 Å². The van der Waals surface area contributed by atoms with Crippen molar-refractivity contribution in [1.82, 2.24) is 0 Å². The highest BCUT2D eigenvalue weighted by atomic mass is 28.2. The van der Waals surface area contributed by atoms with E-state index in [1.54, 1.807) is 0 Å². The molecule has 1 rings (SSSR count). The minimum atomic E-state index is -0.459. The molecule has 0 aliphatic rings. The van der Waals surface area contributed by atoms with Gasteiger partial charge in [0.15, 0.2) is 9.76 Å². The van der Waals surface area contributed by atoms with Gasteiger partial charge in [-0.25, -0.2) is 0 Å². The van der Waals surface area contributed by atoms with Crippen molar-refractivity contribution in [3.05, 3.63) is 30.3 Å². The number of benzene rings is 1. The van der Waals surface area contributed by atoms with Gasteiger partial charge in [-0.05, 0) is 19.0 Å². The molecule has 0 N–H and O–H groups in total. The number of rotatable bonds is 3. The van der Waals surface area contributed by atoms with Crippen molar-refractivity contribution >= 4 is 14.9 Å². The smallest absolute Gasteiger partial charge is 0.192 e. The third-order valence-electron chi connectivity index (χ3n) is 1.43. The van der Waals surface area contributed by atoms with E-state index in [1.807, 2.05) is 6.07 Å². The molecule has 0 fully saturated rings. The lowest BCUT2D eigenvalue weighted by molar-refractivity contribution is 0.260. The lowest BCUT2D eigenvalue weighted by Crippen LogP contribution is -2.20. The van der Waals surface area contributed by atoms with Gasteiger partial charge in [-0.2, -0.15) is 0 Å². The van der Waals surface area contributed by atoms with Gasteiger partial charge in [-0.15, -0.1) is 0 Å². The molecule has 11 heavy (non-hydrogen) atoms. The first-order chi connectivity index (χ1) is 5.29. The number of hydrogen-bond donors (Lipinski definition) is 0. The van der Waals surface area contributed by atoms with Crippen LogP contribution in [-0.2, 0) is 4.43 Å². The molecule has 0 aromatic heterocycles. The van der Waals surface area contributed by atoms with E-state index in [9.17, 15) is 0 Å². The van der Waals surface area contributed by atoms with Crippen LogP contribution in [0.5, 0.6) is 0 Å². The van der Waals surface area contributed by atoms with Crippen molar-refractivity contribution in [2.45, 2.75) is 20.0 Å². The summed E-state index contributed by atoms with van der Waals surface area (Å²) in [6.45, 7) is 4.16. The molecule has 2 heteroatoms. The molecule has 60 valence electrons. The summed E-state index contributed by atoms with van der Waals surface area (Å²) in [6, 6.07) is 10.4. The van der Waals surface area contributed by atoms with Gasteiger partial charge in [0.05, 0.1) is 0 Å². The Morgan fingerprint density at radius 2 is 1.82 bits per heavy atom. The molecule has 0 spiro atoms. The summed E-state index contributed by atoms with van der Waals surface area (Å²) in [7, 11) is -0.459. The van der Waals surface area contributed by atoms with E-state index in [2.05, 4.69) is 38.1 Å². The van der Waals surface area contributed by atoms with E-state index in [-0.39, 0.29) is 0 Å². The molecule has 0 radical (unpaired) electrons. The summed E-state index contributed by atoms with van der Waals surface area (Å²) in [4.78, 5) is 0. The van der Waals surface area contributed by atoms with Crippen LogP contribution in [0.1, 0.15) is 13.8 Å². The molecule has 0 saturated carbocycles. The zero-order valence-electron chi connectivity index (χ0n) is 7.08. The van der Waals surface area contributed by atoms with Gasteiger partial charge >= 0.3 is 0 Å². The molecule has 0 aliphatic carbocycles. The molecule has 1 aromatic rings. The predicted octanol–water partition coefficient (Wildman–Crippen LogP) is 0.821. The first kappa shape index (κ1) is 8.49. The largest absolute Gasteiger partial charge is 0.416 e. The predicted molar refractivity (Wildman–Crippen MR) is 50.8 cm³/mol. The van der Waals surface area contributed by atoms with Gasteiger partial charge in [-0.3, -0.25) is 0 Å². The van der Waals surface area contributed by atoms with Crippen LogP contribution in [-0.4, -0.2) is 15.9 Å². The van der Waals surface area contributed by atoms with E-state index in [4.69, 9.17) is 4.43 Å². The lowest BCUT2D eigenvalue weighted by atomic mass is 10.4. The third-order valence-corrected chi connectivity index (χ3v) is 3.06. The summed E-state index contributed by atoms with van der Waals surface area (Å²) in [6.07, 6.45) is 0.377. The zero-order valence-corrected chi connectivity index (χ0v) is 8.49. The Morgan fingerprint density at radius 1 is 1.18 bits per heavy atom. The second kappa shape index (κ2) is 4.31. The number of hydrogen-bond acceptors (Lipinski definition) is 1. The summed E-state index contributed by atoms with van der Waals surface area (Å²) >= 11 is 0. The highest BCUT2D eigenvalue weighted by molar-refractivity contribution is 6.46. The summed E-state index contributed by atoms with van der Waals surface area (Å²) in [5.74, 6) is 0. The summed E-state index contributed by atoms with van der Waals surface area (Å²) < 4.78 is 5.57. The van der Waals surface area contributed by atoms with E-state index in [0.29, 0.717) is 6.10 Å². The van der Waals surface area contributed by atoms with Crippen molar-refractivity contribution in [2.24, 2.45) is 0 Å². The van der Waals surface area contributed by atoms with Crippen molar-refractivity contribution in [2.75, 3.05) is 0 Å². The molecule has 0 heterocycles. The molecule has 0 atom stereocenters. The Hall–Kier alpha value is -0.603. The molecule has 0 bridgehead atoms. The van der Waals surface area contributed by atoms with Crippen LogP contribution in [0.3, 0.4) is 0 Å². The Bertz CT molecular complexity index is 196. The highest BCUT2D eigenvalue weighted by Crippen LogP contribution is 1.86. The van der Waals surface area contributed by atoms with Crippen LogP contribution < -0.4 is 5.19 Å². The van der Waals surface area contributed by atoms with Gasteiger partial charge in [0, 0.05) is 6.10 Å². The Balaban J connectivity index is 2.39. The van der Waals surface area contributed by atoms with E-state index in [0.717, 1.165) is 0 Å². The van der Waals surface area contributed by atoms with Crippen LogP contribution in [0.15, 0.2) is 30.3 Å². The van der Waals surface area contributed by atoms with Crippen molar-refractivity contribution < 1.29 is 4.43 Å². The maximum atomic E-state index is 5.57. The molecule has 1 nitrogen and oxygen atoms in total. The fraction of sp³-hybridized carbons (Fsp3) is 0.333. The quantitative estimate of drug-likeness (QED) is 0.604. The van der Waals surface area contributed by atoms with Crippen molar-refractivity contribution in [1.29, 1.82) is 0 Å². The fourth-order valence-corrected chi connectivity index (χ4v) is 1.83. The average molecular weight is 166 g/mol. The van der Waals surface area contributed by atoms with Crippen LogP contribution in [0, 0.1) is 0 Å². The average Bonchev–Trinajstić information content (AvgIpc) is 2.03. The van der Waals surface area contributed by atoms with Gasteiger partial charge in [-0.1, -0.05) is 30.3 Å². The highest BCUT2D eigenvalue weighted by Gasteiger charge is 1.94. The normalized spacial score (nSPS) is 11.5. The molecule has 1 aromatic carbocycles. The van der Waals surface area contributed by atoms with Crippen molar-refractivity contribution in [3.8, 4) is 0 Å². The maximum absolute atomic E-state index is 5.57. The minimum Gasteiger partial charge on any atom is -0.416 e. The zero-order chi connectivity index (χ0) is 8.10. The minimum absolute atomic E-state index is 0.377. The van der Waals surface area contributed by atoms with E-state index >= 15 is 0 Å². The van der Waals surface area contributed by atoms with E-state index in [1.165, 1.54) is 5.19 Å². The standard InChI is InChI=1S/C9H14OSi/c1-8(2)10-11-9-6-4-3-5-7-9/h3-8H,11H2,1-2H3. The van der Waals surface area contributed by atoms with Crippen LogP contribution in [0.25, 0.3) is 0 Å². The van der Waals surface area contributed by atoms with Crippen LogP contribution in [0.4, 0.5) is 0 Å². The SMILES string of the molecule is CC(C)O[SiH2]c1ccccc1. The second-order valence-corrected chi connectivity index (χ2v) is 4.28. The monoisotopic (exact) mass is 166 g/mol. The fourth-order valence-electron chi connectivity index (χ4n) is 0.837. The molecule has 0 saturated heterocycles. The molecular weight excluding hydrogens is 152 g/mol. The van der Waals surface area contributed by atoms with Crippen LogP contribution in [0.2, 0.25) is 0 Å². The lowest BCUT2D eigenvalue weighted by Gasteiger charge is -2.06. The Kier molecular flexibility index (Phi) is 3.33. The first-order valence-electron chi connectivity index (χ1n) is 3.94.